The Balaban J connectivity index is 1.44. The van der Waals surface area contributed by atoms with Gasteiger partial charge in [-0.1, -0.05) is 11.6 Å². The second kappa shape index (κ2) is 7.78. The number of nitrogens with zero attached hydrogens (tertiary/aromatic N) is 1. The fourth-order valence-electron chi connectivity index (χ4n) is 2.83. The van der Waals surface area contributed by atoms with Crippen LogP contribution in [0.25, 0.3) is 0 Å². The number of aromatic nitrogens is 1. The standard InChI is InChI=1S/C21H18ClN3O3/c1-13-10-15(22)3-5-17(13)25-21(26)14-2-7-20(23-12-14)24-16-4-6-18-19(11-16)28-9-8-27-18/h2-7,10-12H,8-9H2,1H3,(H,23,24)(H,25,26). The molecule has 1 aliphatic heterocycles. The lowest BCUT2D eigenvalue weighted by atomic mass is 10.2. The summed E-state index contributed by atoms with van der Waals surface area (Å²) in [5.74, 6) is 1.82. The zero-order chi connectivity index (χ0) is 19.5. The van der Waals surface area contributed by atoms with Gasteiger partial charge in [-0.05, 0) is 55.0 Å². The number of pyridine rings is 1. The highest BCUT2D eigenvalue weighted by Gasteiger charge is 2.12. The van der Waals surface area contributed by atoms with Crippen LogP contribution in [0, 0.1) is 6.92 Å². The number of carbonyl (C=O) groups is 1. The third-order valence-electron chi connectivity index (χ3n) is 4.28. The van der Waals surface area contributed by atoms with Crippen molar-refractivity contribution in [3.05, 3.63) is 70.9 Å². The van der Waals surface area contributed by atoms with E-state index in [4.69, 9.17) is 21.1 Å². The van der Waals surface area contributed by atoms with Gasteiger partial charge in [0.05, 0.1) is 5.56 Å². The molecule has 2 aromatic carbocycles. The lowest BCUT2D eigenvalue weighted by molar-refractivity contribution is 0.102. The van der Waals surface area contributed by atoms with Crippen molar-refractivity contribution in [3.8, 4) is 11.5 Å². The average Bonchev–Trinajstić information content (AvgIpc) is 2.70. The highest BCUT2D eigenvalue weighted by atomic mass is 35.5. The van der Waals surface area contributed by atoms with Gasteiger partial charge in [-0.2, -0.15) is 0 Å². The fraction of sp³-hybridized carbons (Fsp3) is 0.143. The molecule has 142 valence electrons. The smallest absolute Gasteiger partial charge is 0.257 e. The van der Waals surface area contributed by atoms with Gasteiger partial charge in [-0.3, -0.25) is 4.79 Å². The first kappa shape index (κ1) is 18.1. The van der Waals surface area contributed by atoms with Gasteiger partial charge in [-0.25, -0.2) is 4.98 Å². The first-order valence-corrected chi connectivity index (χ1v) is 9.16. The van der Waals surface area contributed by atoms with E-state index in [0.29, 0.717) is 41.1 Å². The molecule has 0 fully saturated rings. The van der Waals surface area contributed by atoms with E-state index in [1.165, 1.54) is 6.20 Å². The lowest BCUT2D eigenvalue weighted by Gasteiger charge is -2.19. The van der Waals surface area contributed by atoms with Gasteiger partial charge in [0.1, 0.15) is 19.0 Å². The van der Waals surface area contributed by atoms with Crippen molar-refractivity contribution in [2.24, 2.45) is 0 Å². The molecule has 2 N–H and O–H groups in total. The maximum absolute atomic E-state index is 12.4. The summed E-state index contributed by atoms with van der Waals surface area (Å²) >= 11 is 5.95. The maximum atomic E-state index is 12.4. The fourth-order valence-corrected chi connectivity index (χ4v) is 3.06. The quantitative estimate of drug-likeness (QED) is 0.663. The molecule has 0 radical (unpaired) electrons. The molecule has 6 nitrogen and oxygen atoms in total. The van der Waals surface area contributed by atoms with Crippen LogP contribution in [0.15, 0.2) is 54.7 Å². The van der Waals surface area contributed by atoms with Crippen molar-refractivity contribution in [1.29, 1.82) is 0 Å². The summed E-state index contributed by atoms with van der Waals surface area (Å²) in [5.41, 5.74) is 2.89. The largest absolute Gasteiger partial charge is 0.486 e. The maximum Gasteiger partial charge on any atom is 0.257 e. The number of hydrogen-bond donors (Lipinski definition) is 2. The molecule has 0 spiro atoms. The molecule has 0 saturated carbocycles. The monoisotopic (exact) mass is 395 g/mol. The topological polar surface area (TPSA) is 72.5 Å². The van der Waals surface area contributed by atoms with Gasteiger partial charge in [0.2, 0.25) is 0 Å². The summed E-state index contributed by atoms with van der Waals surface area (Å²) in [6.45, 7) is 2.98. The molecule has 1 aliphatic rings. The molecule has 3 aromatic rings. The summed E-state index contributed by atoms with van der Waals surface area (Å²) in [5, 5.41) is 6.69. The zero-order valence-corrected chi connectivity index (χ0v) is 15.9. The van der Waals surface area contributed by atoms with Gasteiger partial charge in [0.15, 0.2) is 11.5 Å². The molecule has 0 atom stereocenters. The van der Waals surface area contributed by atoms with E-state index in [0.717, 1.165) is 17.0 Å². The lowest BCUT2D eigenvalue weighted by Crippen LogP contribution is -2.15. The van der Waals surface area contributed by atoms with E-state index in [-0.39, 0.29) is 5.91 Å². The van der Waals surface area contributed by atoms with Gasteiger partial charge in [-0.15, -0.1) is 0 Å². The summed E-state index contributed by atoms with van der Waals surface area (Å²) in [6.07, 6.45) is 1.53. The van der Waals surface area contributed by atoms with E-state index < -0.39 is 0 Å². The third-order valence-corrected chi connectivity index (χ3v) is 4.51. The Morgan fingerprint density at radius 1 is 1.04 bits per heavy atom. The van der Waals surface area contributed by atoms with Crippen molar-refractivity contribution in [3.63, 3.8) is 0 Å². The number of fused-ring (bicyclic) bond motifs is 1. The van der Waals surface area contributed by atoms with Crippen LogP contribution in [-0.4, -0.2) is 24.1 Å². The van der Waals surface area contributed by atoms with Crippen LogP contribution < -0.4 is 20.1 Å². The zero-order valence-electron chi connectivity index (χ0n) is 15.2. The summed E-state index contributed by atoms with van der Waals surface area (Å²) in [6, 6.07) is 14.4. The van der Waals surface area contributed by atoms with Crippen LogP contribution in [0.1, 0.15) is 15.9 Å². The Bertz CT molecular complexity index is 1020. The number of carbonyl (C=O) groups excluding carboxylic acids is 1. The SMILES string of the molecule is Cc1cc(Cl)ccc1NC(=O)c1ccc(Nc2ccc3c(c2)OCCO3)nc1. The molecule has 0 aliphatic carbocycles. The predicted octanol–water partition coefficient (Wildman–Crippen LogP) is 4.81. The van der Waals surface area contributed by atoms with E-state index in [1.807, 2.05) is 25.1 Å². The van der Waals surface area contributed by atoms with Crippen LogP contribution in [-0.2, 0) is 0 Å². The molecule has 2 heterocycles. The number of hydrogen-bond acceptors (Lipinski definition) is 5. The Morgan fingerprint density at radius 3 is 2.61 bits per heavy atom. The number of aryl methyl sites for hydroxylation is 1. The summed E-state index contributed by atoms with van der Waals surface area (Å²) < 4.78 is 11.1. The molecule has 28 heavy (non-hydrogen) atoms. The number of ether oxygens (including phenoxy) is 2. The van der Waals surface area contributed by atoms with Gasteiger partial charge in [0, 0.05) is 28.7 Å². The number of nitrogens with one attached hydrogen (secondary N) is 2. The molecular formula is C21H18ClN3O3. The van der Waals surface area contributed by atoms with Gasteiger partial charge >= 0.3 is 0 Å². The second-order valence-corrected chi connectivity index (χ2v) is 6.77. The van der Waals surface area contributed by atoms with E-state index >= 15 is 0 Å². The van der Waals surface area contributed by atoms with Crippen molar-refractivity contribution in [2.45, 2.75) is 6.92 Å². The molecule has 0 unspecified atom stereocenters. The predicted molar refractivity (Wildman–Crippen MR) is 109 cm³/mol. The van der Waals surface area contributed by atoms with E-state index in [2.05, 4.69) is 15.6 Å². The number of amides is 1. The average molecular weight is 396 g/mol. The Kier molecular flexibility index (Phi) is 5.04. The summed E-state index contributed by atoms with van der Waals surface area (Å²) in [7, 11) is 0. The van der Waals surface area contributed by atoms with Crippen molar-refractivity contribution in [1.82, 2.24) is 4.98 Å². The molecule has 4 rings (SSSR count). The van der Waals surface area contributed by atoms with Crippen LogP contribution in [0.5, 0.6) is 11.5 Å². The normalized spacial score (nSPS) is 12.4. The molecular weight excluding hydrogens is 378 g/mol. The van der Waals surface area contributed by atoms with Crippen LogP contribution in [0.2, 0.25) is 5.02 Å². The van der Waals surface area contributed by atoms with Crippen molar-refractivity contribution >= 4 is 34.7 Å². The molecule has 0 bridgehead atoms. The molecule has 1 aromatic heterocycles. The minimum absolute atomic E-state index is 0.233. The summed E-state index contributed by atoms with van der Waals surface area (Å²) in [4.78, 5) is 16.8. The van der Waals surface area contributed by atoms with E-state index in [9.17, 15) is 4.79 Å². The molecule has 1 amide bonds. The highest BCUT2D eigenvalue weighted by Crippen LogP contribution is 2.33. The van der Waals surface area contributed by atoms with Crippen molar-refractivity contribution in [2.75, 3.05) is 23.8 Å². The first-order chi connectivity index (χ1) is 13.6. The van der Waals surface area contributed by atoms with Crippen LogP contribution in [0.3, 0.4) is 0 Å². The Hall–Kier alpha value is -3.25. The highest BCUT2D eigenvalue weighted by molar-refractivity contribution is 6.30. The third kappa shape index (κ3) is 4.02. The Labute approximate surface area is 167 Å². The number of halogens is 1. The molecule has 7 heteroatoms. The molecule has 0 saturated heterocycles. The van der Waals surface area contributed by atoms with E-state index in [1.54, 1.807) is 30.3 Å². The first-order valence-electron chi connectivity index (χ1n) is 8.79. The van der Waals surface area contributed by atoms with Crippen LogP contribution >= 0.6 is 11.6 Å². The van der Waals surface area contributed by atoms with Gasteiger partial charge in [0.25, 0.3) is 5.91 Å². The Morgan fingerprint density at radius 2 is 1.86 bits per heavy atom. The van der Waals surface area contributed by atoms with Crippen LogP contribution in [0.4, 0.5) is 17.2 Å². The second-order valence-electron chi connectivity index (χ2n) is 6.33. The van der Waals surface area contributed by atoms with Crippen molar-refractivity contribution < 1.29 is 14.3 Å². The number of rotatable bonds is 4. The number of benzene rings is 2. The number of anilines is 3. The minimum atomic E-state index is -0.233. The van der Waals surface area contributed by atoms with Gasteiger partial charge < -0.3 is 20.1 Å². The minimum Gasteiger partial charge on any atom is -0.486 e.